The van der Waals surface area contributed by atoms with Crippen molar-refractivity contribution in [1.29, 1.82) is 5.26 Å². The molecule has 0 aliphatic carbocycles. The van der Waals surface area contributed by atoms with Crippen LogP contribution in [0.4, 0.5) is 10.1 Å². The van der Waals surface area contributed by atoms with Crippen molar-refractivity contribution in [2.75, 3.05) is 4.72 Å². The van der Waals surface area contributed by atoms with Gasteiger partial charge >= 0.3 is 0 Å². The lowest BCUT2D eigenvalue weighted by molar-refractivity contribution is 0.594. The highest BCUT2D eigenvalue weighted by atomic mass is 32.2. The number of rotatable bonds is 4. The normalized spacial score (nSPS) is 11.0. The van der Waals surface area contributed by atoms with Crippen molar-refractivity contribution in [2.24, 2.45) is 0 Å². The fourth-order valence-electron chi connectivity index (χ4n) is 1.95. The minimum atomic E-state index is -4.14. The molecule has 0 aliphatic heterocycles. The lowest BCUT2D eigenvalue weighted by atomic mass is 10.2. The van der Waals surface area contributed by atoms with Gasteiger partial charge in [0.05, 0.1) is 29.2 Å². The molecule has 9 heteroatoms. The van der Waals surface area contributed by atoms with E-state index < -0.39 is 15.8 Å². The zero-order chi connectivity index (χ0) is 17.2. The van der Waals surface area contributed by atoms with Crippen LogP contribution in [0, 0.1) is 17.1 Å². The molecule has 120 valence electrons. The Bertz CT molecular complexity index is 1030. The molecule has 0 radical (unpaired) electrons. The molecule has 1 N–H and O–H groups in total. The number of nitrogens with one attached hydrogen (secondary N) is 1. The standard InChI is InChI=1S/C15H10FN5O2S/c16-13-7-6-11(9-17)8-14(13)19-24(22,23)15-10-21(20-18-15)12-4-2-1-3-5-12/h1-8,10,19H. The Hall–Kier alpha value is -3.25. The van der Waals surface area contributed by atoms with Gasteiger partial charge in [-0.3, -0.25) is 4.72 Å². The topological polar surface area (TPSA) is 101 Å². The van der Waals surface area contributed by atoms with E-state index >= 15 is 0 Å². The first-order valence-corrected chi connectivity index (χ1v) is 8.18. The second kappa shape index (κ2) is 6.10. The van der Waals surface area contributed by atoms with Gasteiger partial charge in [0.15, 0.2) is 0 Å². The van der Waals surface area contributed by atoms with Crippen molar-refractivity contribution < 1.29 is 12.8 Å². The Morgan fingerprint density at radius 2 is 1.92 bits per heavy atom. The van der Waals surface area contributed by atoms with E-state index in [1.165, 1.54) is 16.9 Å². The summed E-state index contributed by atoms with van der Waals surface area (Å²) in [6, 6.07) is 14.0. The van der Waals surface area contributed by atoms with Crippen molar-refractivity contribution in [3.8, 4) is 11.8 Å². The SMILES string of the molecule is N#Cc1ccc(F)c(NS(=O)(=O)c2cn(-c3ccccc3)nn2)c1. The molecule has 0 spiro atoms. The van der Waals surface area contributed by atoms with E-state index in [0.29, 0.717) is 5.69 Å². The third-order valence-corrected chi connectivity index (χ3v) is 4.33. The van der Waals surface area contributed by atoms with Crippen LogP contribution in [0.3, 0.4) is 0 Å². The largest absolute Gasteiger partial charge is 0.283 e. The van der Waals surface area contributed by atoms with Crippen LogP contribution in [0.15, 0.2) is 59.8 Å². The summed E-state index contributed by atoms with van der Waals surface area (Å²) in [4.78, 5) is 0. The number of nitriles is 1. The van der Waals surface area contributed by atoms with Gasteiger partial charge in [-0.25, -0.2) is 9.07 Å². The van der Waals surface area contributed by atoms with Gasteiger partial charge in [0.2, 0.25) is 5.03 Å². The maximum atomic E-state index is 13.7. The molecule has 0 unspecified atom stereocenters. The van der Waals surface area contributed by atoms with Crippen molar-refractivity contribution in [3.63, 3.8) is 0 Å². The molecule has 1 aromatic heterocycles. The van der Waals surface area contributed by atoms with Gasteiger partial charge in [0.1, 0.15) is 5.82 Å². The Balaban J connectivity index is 1.92. The molecule has 0 saturated carbocycles. The first kappa shape index (κ1) is 15.6. The summed E-state index contributed by atoms with van der Waals surface area (Å²) in [5, 5.41) is 15.8. The second-order valence-electron chi connectivity index (χ2n) is 4.75. The average Bonchev–Trinajstić information content (AvgIpc) is 3.08. The maximum absolute atomic E-state index is 13.7. The van der Waals surface area contributed by atoms with E-state index in [2.05, 4.69) is 15.0 Å². The minimum Gasteiger partial charge on any atom is -0.275 e. The Morgan fingerprint density at radius 3 is 2.62 bits per heavy atom. The van der Waals surface area contributed by atoms with Crippen LogP contribution in [0.2, 0.25) is 0 Å². The van der Waals surface area contributed by atoms with Crippen molar-refractivity contribution in [2.45, 2.75) is 5.03 Å². The van der Waals surface area contributed by atoms with Crippen LogP contribution in [-0.4, -0.2) is 23.4 Å². The molecular formula is C15H10FN5O2S. The molecule has 24 heavy (non-hydrogen) atoms. The third kappa shape index (κ3) is 3.09. The van der Waals surface area contributed by atoms with E-state index in [1.54, 1.807) is 24.3 Å². The number of anilines is 1. The van der Waals surface area contributed by atoms with Gasteiger partial charge in [0, 0.05) is 0 Å². The Morgan fingerprint density at radius 1 is 1.17 bits per heavy atom. The number of hydrogen-bond donors (Lipinski definition) is 1. The number of hydrogen-bond acceptors (Lipinski definition) is 5. The van der Waals surface area contributed by atoms with Gasteiger partial charge in [-0.15, -0.1) is 5.10 Å². The molecule has 0 bridgehead atoms. The monoisotopic (exact) mass is 343 g/mol. The second-order valence-corrected chi connectivity index (χ2v) is 6.38. The zero-order valence-electron chi connectivity index (χ0n) is 12.1. The van der Waals surface area contributed by atoms with Crippen LogP contribution in [0.5, 0.6) is 0 Å². The van der Waals surface area contributed by atoms with Crippen molar-refractivity contribution in [3.05, 3.63) is 66.1 Å². The van der Waals surface area contributed by atoms with E-state index in [1.807, 2.05) is 12.1 Å². The van der Waals surface area contributed by atoms with Gasteiger partial charge in [0.25, 0.3) is 10.0 Å². The number of benzene rings is 2. The van der Waals surface area contributed by atoms with Crippen LogP contribution in [0.1, 0.15) is 5.56 Å². The predicted molar refractivity (Wildman–Crippen MR) is 83.3 cm³/mol. The molecule has 0 aliphatic rings. The van der Waals surface area contributed by atoms with E-state index in [0.717, 1.165) is 12.1 Å². The van der Waals surface area contributed by atoms with Crippen molar-refractivity contribution in [1.82, 2.24) is 15.0 Å². The van der Waals surface area contributed by atoms with Crippen LogP contribution in [0.25, 0.3) is 5.69 Å². The summed E-state index contributed by atoms with van der Waals surface area (Å²) in [5.74, 6) is -0.798. The summed E-state index contributed by atoms with van der Waals surface area (Å²) in [7, 11) is -4.14. The molecule has 2 aromatic carbocycles. The summed E-state index contributed by atoms with van der Waals surface area (Å²) in [6.45, 7) is 0. The number of nitrogens with zero attached hydrogens (tertiary/aromatic N) is 4. The summed E-state index contributed by atoms with van der Waals surface area (Å²) < 4.78 is 41.7. The predicted octanol–water partition coefficient (Wildman–Crippen LogP) is 2.08. The van der Waals surface area contributed by atoms with Gasteiger partial charge < -0.3 is 0 Å². The van der Waals surface area contributed by atoms with Crippen molar-refractivity contribution >= 4 is 15.7 Å². The summed E-state index contributed by atoms with van der Waals surface area (Å²) in [5.41, 5.74) is 0.425. The fraction of sp³-hybridized carbons (Fsp3) is 0. The quantitative estimate of drug-likeness (QED) is 0.781. The molecule has 0 fully saturated rings. The van der Waals surface area contributed by atoms with Gasteiger partial charge in [-0.1, -0.05) is 23.4 Å². The highest BCUT2D eigenvalue weighted by Gasteiger charge is 2.21. The van der Waals surface area contributed by atoms with E-state index in [-0.39, 0.29) is 16.3 Å². The molecular weight excluding hydrogens is 333 g/mol. The smallest absolute Gasteiger partial charge is 0.275 e. The molecule has 3 aromatic rings. The molecule has 3 rings (SSSR count). The van der Waals surface area contributed by atoms with Gasteiger partial charge in [-0.2, -0.15) is 13.7 Å². The fourth-order valence-corrected chi connectivity index (χ4v) is 2.88. The molecule has 7 nitrogen and oxygen atoms in total. The Kier molecular flexibility index (Phi) is 3.97. The van der Waals surface area contributed by atoms with Gasteiger partial charge in [-0.05, 0) is 30.3 Å². The number of aromatic nitrogens is 3. The van der Waals surface area contributed by atoms with Crippen LogP contribution in [-0.2, 0) is 10.0 Å². The summed E-state index contributed by atoms with van der Waals surface area (Å²) in [6.07, 6.45) is 1.21. The maximum Gasteiger partial charge on any atom is 0.283 e. The lowest BCUT2D eigenvalue weighted by Gasteiger charge is -2.06. The van der Waals surface area contributed by atoms with Crippen LogP contribution < -0.4 is 4.72 Å². The zero-order valence-corrected chi connectivity index (χ0v) is 12.9. The summed E-state index contributed by atoms with van der Waals surface area (Å²) >= 11 is 0. The van der Waals surface area contributed by atoms with E-state index in [9.17, 15) is 12.8 Å². The lowest BCUT2D eigenvalue weighted by Crippen LogP contribution is -2.14. The first-order valence-electron chi connectivity index (χ1n) is 6.70. The molecule has 1 heterocycles. The first-order chi connectivity index (χ1) is 11.5. The molecule has 0 saturated heterocycles. The third-order valence-electron chi connectivity index (χ3n) is 3.11. The highest BCUT2D eigenvalue weighted by molar-refractivity contribution is 7.92. The molecule has 0 amide bonds. The van der Waals surface area contributed by atoms with E-state index in [4.69, 9.17) is 5.26 Å². The number of sulfonamides is 1. The minimum absolute atomic E-state index is 0.127. The average molecular weight is 343 g/mol. The highest BCUT2D eigenvalue weighted by Crippen LogP contribution is 2.20. The number of halogens is 1. The Labute approximate surface area is 137 Å². The molecule has 0 atom stereocenters. The number of para-hydroxylation sites is 1. The van der Waals surface area contributed by atoms with Crippen LogP contribution >= 0.6 is 0 Å².